The predicted molar refractivity (Wildman–Crippen MR) is 96.4 cm³/mol. The maximum atomic E-state index is 12.1. The molecule has 0 radical (unpaired) electrons. The summed E-state index contributed by atoms with van der Waals surface area (Å²) in [7, 11) is 1.65. The van der Waals surface area contributed by atoms with Gasteiger partial charge in [0.2, 0.25) is 0 Å². The first-order valence-electron chi connectivity index (χ1n) is 8.64. The maximum absolute atomic E-state index is 12.1. The minimum Gasteiger partial charge on any atom is -0.383 e. The van der Waals surface area contributed by atoms with Gasteiger partial charge in [0.25, 0.3) is 5.56 Å². The molecule has 25 heavy (non-hydrogen) atoms. The summed E-state index contributed by atoms with van der Waals surface area (Å²) in [5.41, 5.74) is 4.25. The van der Waals surface area contributed by atoms with Crippen LogP contribution in [0.15, 0.2) is 41.2 Å². The first-order valence-corrected chi connectivity index (χ1v) is 8.64. The van der Waals surface area contributed by atoms with Crippen LogP contribution in [-0.2, 0) is 30.7 Å². The average molecular weight is 337 g/mol. The Morgan fingerprint density at radius 3 is 3.04 bits per heavy atom. The van der Waals surface area contributed by atoms with Crippen molar-refractivity contribution in [3.8, 4) is 6.07 Å². The third-order valence-corrected chi connectivity index (χ3v) is 4.76. The number of aromatic nitrogens is 1. The lowest BCUT2D eigenvalue weighted by Gasteiger charge is -2.28. The van der Waals surface area contributed by atoms with Crippen LogP contribution in [-0.4, -0.2) is 24.3 Å². The van der Waals surface area contributed by atoms with Crippen molar-refractivity contribution in [3.63, 3.8) is 0 Å². The highest BCUT2D eigenvalue weighted by Gasteiger charge is 2.21. The molecule has 1 aromatic heterocycles. The first-order chi connectivity index (χ1) is 12.2. The van der Waals surface area contributed by atoms with Gasteiger partial charge >= 0.3 is 0 Å². The molecule has 1 N–H and O–H groups in total. The summed E-state index contributed by atoms with van der Waals surface area (Å²) in [4.78, 5) is 12.1. The normalized spacial score (nSPS) is 16.2. The Balaban J connectivity index is 1.67. The van der Waals surface area contributed by atoms with Crippen LogP contribution in [0.3, 0.4) is 0 Å². The molecule has 5 nitrogen and oxygen atoms in total. The largest absolute Gasteiger partial charge is 0.383 e. The van der Waals surface area contributed by atoms with Crippen LogP contribution in [0.25, 0.3) is 0 Å². The van der Waals surface area contributed by atoms with E-state index in [9.17, 15) is 4.79 Å². The Kier molecular flexibility index (Phi) is 5.64. The van der Waals surface area contributed by atoms with E-state index in [-0.39, 0.29) is 5.56 Å². The molecule has 1 unspecified atom stereocenters. The molecule has 1 aliphatic rings. The molecule has 130 valence electrons. The number of methoxy groups -OCH3 is 1. The molecule has 1 atom stereocenters. The molecule has 1 aliphatic carbocycles. The third-order valence-electron chi connectivity index (χ3n) is 4.76. The highest BCUT2D eigenvalue weighted by Crippen LogP contribution is 2.20. The third kappa shape index (κ3) is 4.16. The van der Waals surface area contributed by atoms with Gasteiger partial charge in [-0.3, -0.25) is 4.79 Å². The molecule has 2 aromatic rings. The van der Waals surface area contributed by atoms with E-state index in [1.807, 2.05) is 34.9 Å². The molecule has 0 amide bonds. The van der Waals surface area contributed by atoms with E-state index < -0.39 is 0 Å². The van der Waals surface area contributed by atoms with Crippen molar-refractivity contribution in [1.82, 2.24) is 9.88 Å². The minimum absolute atomic E-state index is 0.0514. The standard InChI is InChI=1S/C20H23N3O2/c1-25-10-9-23-19-7-6-18(12-17(19)5-8-20(23)24)22-14-16-4-2-3-15(11-16)13-21/h2-5,8,11,18,22H,6-7,9-10,12,14H2,1H3. The highest BCUT2D eigenvalue weighted by molar-refractivity contribution is 5.33. The number of hydrogen-bond donors (Lipinski definition) is 1. The number of hydrogen-bond acceptors (Lipinski definition) is 4. The van der Waals surface area contributed by atoms with Gasteiger partial charge in [0.05, 0.1) is 18.2 Å². The van der Waals surface area contributed by atoms with Crippen LogP contribution in [0, 0.1) is 11.3 Å². The summed E-state index contributed by atoms with van der Waals surface area (Å²) >= 11 is 0. The molecule has 0 saturated carbocycles. The van der Waals surface area contributed by atoms with Gasteiger partial charge in [-0.2, -0.15) is 5.26 Å². The molecule has 1 heterocycles. The second-order valence-electron chi connectivity index (χ2n) is 6.42. The van der Waals surface area contributed by atoms with Gasteiger partial charge in [0.1, 0.15) is 0 Å². The summed E-state index contributed by atoms with van der Waals surface area (Å²) in [6.45, 7) is 1.91. The zero-order valence-electron chi connectivity index (χ0n) is 14.5. The number of fused-ring (bicyclic) bond motifs is 1. The number of pyridine rings is 1. The lowest BCUT2D eigenvalue weighted by Crippen LogP contribution is -2.37. The monoisotopic (exact) mass is 337 g/mol. The Morgan fingerprint density at radius 1 is 1.36 bits per heavy atom. The van der Waals surface area contributed by atoms with Gasteiger partial charge in [-0.25, -0.2) is 0 Å². The SMILES string of the molecule is COCCn1c2c(ccc1=O)CC(NCc1cccc(C#N)c1)CC2. The van der Waals surface area contributed by atoms with E-state index in [0.29, 0.717) is 24.8 Å². The van der Waals surface area contributed by atoms with Crippen LogP contribution >= 0.6 is 0 Å². The van der Waals surface area contributed by atoms with Gasteiger partial charge in [-0.1, -0.05) is 18.2 Å². The van der Waals surface area contributed by atoms with Crippen molar-refractivity contribution in [2.75, 3.05) is 13.7 Å². The van der Waals surface area contributed by atoms with E-state index in [4.69, 9.17) is 10.00 Å². The van der Waals surface area contributed by atoms with E-state index >= 15 is 0 Å². The molecule has 0 fully saturated rings. The zero-order valence-corrected chi connectivity index (χ0v) is 14.5. The van der Waals surface area contributed by atoms with Crippen molar-refractivity contribution in [1.29, 1.82) is 5.26 Å². The molecule has 5 heteroatoms. The second-order valence-corrected chi connectivity index (χ2v) is 6.42. The van der Waals surface area contributed by atoms with E-state index in [2.05, 4.69) is 11.4 Å². The molecule has 3 rings (SSSR count). The van der Waals surface area contributed by atoms with Crippen molar-refractivity contribution in [2.45, 2.75) is 38.4 Å². The number of rotatable bonds is 6. The van der Waals surface area contributed by atoms with Crippen LogP contribution in [0.5, 0.6) is 0 Å². The van der Waals surface area contributed by atoms with E-state index in [1.54, 1.807) is 13.2 Å². The lowest BCUT2D eigenvalue weighted by molar-refractivity contribution is 0.184. The first kappa shape index (κ1) is 17.4. The summed E-state index contributed by atoms with van der Waals surface area (Å²) in [6, 6.07) is 13.9. The maximum Gasteiger partial charge on any atom is 0.250 e. The zero-order chi connectivity index (χ0) is 17.6. The van der Waals surface area contributed by atoms with Gasteiger partial charge in [0.15, 0.2) is 0 Å². The smallest absolute Gasteiger partial charge is 0.250 e. The highest BCUT2D eigenvalue weighted by atomic mass is 16.5. The minimum atomic E-state index is 0.0514. The number of ether oxygens (including phenoxy) is 1. The number of nitrogens with one attached hydrogen (secondary N) is 1. The second kappa shape index (κ2) is 8.11. The fourth-order valence-electron chi connectivity index (χ4n) is 3.44. The topological polar surface area (TPSA) is 67.0 Å². The predicted octanol–water partition coefficient (Wildman–Crippen LogP) is 2.01. The number of nitriles is 1. The summed E-state index contributed by atoms with van der Waals surface area (Å²) in [6.07, 6.45) is 2.81. The van der Waals surface area contributed by atoms with Gasteiger partial charge in [0, 0.05) is 38.0 Å². The quantitative estimate of drug-likeness (QED) is 0.876. The van der Waals surface area contributed by atoms with Crippen LogP contribution in [0.1, 0.15) is 28.8 Å². The lowest BCUT2D eigenvalue weighted by atomic mass is 9.91. The van der Waals surface area contributed by atoms with Gasteiger partial charge in [-0.05, 0) is 42.5 Å². The van der Waals surface area contributed by atoms with Crippen molar-refractivity contribution in [2.24, 2.45) is 0 Å². The molecule has 0 spiro atoms. The Labute approximate surface area is 147 Å². The fourth-order valence-corrected chi connectivity index (χ4v) is 3.44. The fraction of sp³-hybridized carbons (Fsp3) is 0.400. The molecule has 1 aromatic carbocycles. The van der Waals surface area contributed by atoms with Crippen molar-refractivity contribution < 1.29 is 4.74 Å². The van der Waals surface area contributed by atoms with Crippen LogP contribution < -0.4 is 10.9 Å². The average Bonchev–Trinajstić information content (AvgIpc) is 2.65. The molecule has 0 saturated heterocycles. The summed E-state index contributed by atoms with van der Waals surface area (Å²) < 4.78 is 6.98. The van der Waals surface area contributed by atoms with Crippen molar-refractivity contribution >= 4 is 0 Å². The Morgan fingerprint density at radius 2 is 2.24 bits per heavy atom. The molecular weight excluding hydrogens is 314 g/mol. The molecule has 0 aliphatic heterocycles. The summed E-state index contributed by atoms with van der Waals surface area (Å²) in [5, 5.41) is 12.6. The van der Waals surface area contributed by atoms with Gasteiger partial charge < -0.3 is 14.6 Å². The van der Waals surface area contributed by atoms with Gasteiger partial charge in [-0.15, -0.1) is 0 Å². The molecular formula is C20H23N3O2. The van der Waals surface area contributed by atoms with Crippen molar-refractivity contribution in [3.05, 3.63) is 69.1 Å². The number of nitrogens with zero attached hydrogens (tertiary/aromatic N) is 2. The van der Waals surface area contributed by atoms with E-state index in [1.165, 1.54) is 5.56 Å². The van der Waals surface area contributed by atoms with Crippen LogP contribution in [0.4, 0.5) is 0 Å². The Bertz CT molecular complexity index is 836. The molecule has 0 bridgehead atoms. The number of benzene rings is 1. The van der Waals surface area contributed by atoms with E-state index in [0.717, 1.165) is 37.1 Å². The Hall–Kier alpha value is -2.42. The summed E-state index contributed by atoms with van der Waals surface area (Å²) in [5.74, 6) is 0. The van der Waals surface area contributed by atoms with Crippen LogP contribution in [0.2, 0.25) is 0 Å².